The topological polar surface area (TPSA) is 29.9 Å². The monoisotopic (exact) mass is 219 g/mol. The van der Waals surface area contributed by atoms with Crippen LogP contribution in [-0.2, 0) is 13.5 Å². The fraction of sp³-hybridized carbons (Fsp3) is 0.769. The summed E-state index contributed by atoms with van der Waals surface area (Å²) in [5, 5.41) is 7.93. The van der Waals surface area contributed by atoms with Crippen LogP contribution in [0.5, 0.6) is 0 Å². The van der Waals surface area contributed by atoms with Crippen LogP contribution in [0.15, 0.2) is 12.4 Å². The van der Waals surface area contributed by atoms with Crippen molar-refractivity contribution in [3.8, 4) is 0 Å². The molecule has 0 radical (unpaired) electrons. The first-order valence-corrected chi connectivity index (χ1v) is 6.54. The number of aromatic nitrogens is 2. The van der Waals surface area contributed by atoms with E-state index in [2.05, 4.69) is 16.6 Å². The van der Waals surface area contributed by atoms with E-state index in [0.29, 0.717) is 0 Å². The number of rotatable bonds is 3. The van der Waals surface area contributed by atoms with Crippen molar-refractivity contribution in [2.45, 2.75) is 38.1 Å². The molecule has 3 nitrogen and oxygen atoms in total. The molecule has 3 heteroatoms. The zero-order valence-electron chi connectivity index (χ0n) is 10.0. The van der Waals surface area contributed by atoms with Gasteiger partial charge in [0.1, 0.15) is 0 Å². The second-order valence-corrected chi connectivity index (χ2v) is 5.43. The summed E-state index contributed by atoms with van der Waals surface area (Å²) in [6.07, 6.45) is 11.0. The van der Waals surface area contributed by atoms with Crippen LogP contribution in [0.25, 0.3) is 0 Å². The van der Waals surface area contributed by atoms with Gasteiger partial charge in [0, 0.05) is 19.3 Å². The molecule has 2 heterocycles. The number of aryl methyl sites for hydroxylation is 2. The minimum atomic E-state index is 0.771. The lowest BCUT2D eigenvalue weighted by Crippen LogP contribution is -2.27. The first kappa shape index (κ1) is 10.3. The summed E-state index contributed by atoms with van der Waals surface area (Å²) in [6, 6.07) is 0.771. The Morgan fingerprint density at radius 1 is 1.50 bits per heavy atom. The lowest BCUT2D eigenvalue weighted by molar-refractivity contribution is 0.393. The Bertz CT molecular complexity index is 358. The van der Waals surface area contributed by atoms with E-state index in [1.54, 1.807) is 0 Å². The standard InChI is InChI=1S/C13H21N3/c1-16-9-10(7-15-16)5-6-13-12-4-2-3-11(12)8-14-13/h7,9,11-14H,2-6,8H2,1H3. The Morgan fingerprint density at radius 2 is 2.44 bits per heavy atom. The van der Waals surface area contributed by atoms with Crippen LogP contribution in [0.4, 0.5) is 0 Å². The van der Waals surface area contributed by atoms with Crippen LogP contribution in [0.1, 0.15) is 31.2 Å². The van der Waals surface area contributed by atoms with Gasteiger partial charge in [-0.1, -0.05) is 6.42 Å². The lowest BCUT2D eigenvalue weighted by atomic mass is 9.91. The quantitative estimate of drug-likeness (QED) is 0.839. The molecule has 1 saturated heterocycles. The molecule has 1 N–H and O–H groups in total. The zero-order chi connectivity index (χ0) is 11.0. The first-order valence-electron chi connectivity index (χ1n) is 6.54. The smallest absolute Gasteiger partial charge is 0.0521 e. The van der Waals surface area contributed by atoms with Crippen LogP contribution in [-0.4, -0.2) is 22.4 Å². The molecule has 2 fully saturated rings. The summed E-state index contributed by atoms with van der Waals surface area (Å²) in [5.41, 5.74) is 1.38. The summed E-state index contributed by atoms with van der Waals surface area (Å²) in [4.78, 5) is 0. The molecule has 1 aromatic rings. The van der Waals surface area contributed by atoms with E-state index in [4.69, 9.17) is 0 Å². The molecule has 2 aliphatic rings. The van der Waals surface area contributed by atoms with Crippen molar-refractivity contribution in [1.82, 2.24) is 15.1 Å². The molecule has 16 heavy (non-hydrogen) atoms. The van der Waals surface area contributed by atoms with Gasteiger partial charge < -0.3 is 5.32 Å². The Kier molecular flexibility index (Phi) is 2.72. The van der Waals surface area contributed by atoms with Crippen LogP contribution < -0.4 is 5.32 Å². The third-order valence-electron chi connectivity index (χ3n) is 4.38. The van der Waals surface area contributed by atoms with Gasteiger partial charge in [-0.15, -0.1) is 0 Å². The van der Waals surface area contributed by atoms with E-state index >= 15 is 0 Å². The molecular formula is C13H21N3. The predicted octanol–water partition coefficient (Wildman–Crippen LogP) is 1.74. The number of hydrogen-bond donors (Lipinski definition) is 1. The Balaban J connectivity index is 1.55. The fourth-order valence-corrected chi connectivity index (χ4v) is 3.54. The van der Waals surface area contributed by atoms with E-state index < -0.39 is 0 Å². The molecule has 0 bridgehead atoms. The average Bonchev–Trinajstić information content (AvgIpc) is 2.91. The molecule has 1 aliphatic heterocycles. The SMILES string of the molecule is Cn1cc(CCC2NCC3CCCC32)cn1. The highest BCUT2D eigenvalue weighted by Gasteiger charge is 2.38. The summed E-state index contributed by atoms with van der Waals surface area (Å²) >= 11 is 0. The van der Waals surface area contributed by atoms with Gasteiger partial charge in [-0.05, 0) is 49.6 Å². The largest absolute Gasteiger partial charge is 0.313 e. The van der Waals surface area contributed by atoms with Gasteiger partial charge in [-0.25, -0.2) is 0 Å². The summed E-state index contributed by atoms with van der Waals surface area (Å²) < 4.78 is 1.90. The van der Waals surface area contributed by atoms with Crippen molar-refractivity contribution >= 4 is 0 Å². The highest BCUT2D eigenvalue weighted by molar-refractivity contribution is 5.05. The molecule has 3 unspecified atom stereocenters. The normalized spacial score (nSPS) is 33.2. The minimum absolute atomic E-state index is 0.771. The van der Waals surface area contributed by atoms with E-state index in [-0.39, 0.29) is 0 Å². The number of nitrogens with zero attached hydrogens (tertiary/aromatic N) is 2. The molecule has 3 rings (SSSR count). The highest BCUT2D eigenvalue weighted by atomic mass is 15.2. The second kappa shape index (κ2) is 4.21. The van der Waals surface area contributed by atoms with Gasteiger partial charge in [0.05, 0.1) is 6.20 Å². The average molecular weight is 219 g/mol. The van der Waals surface area contributed by atoms with Gasteiger partial charge in [0.2, 0.25) is 0 Å². The van der Waals surface area contributed by atoms with E-state index in [1.807, 2.05) is 17.9 Å². The van der Waals surface area contributed by atoms with Crippen LogP contribution in [0.2, 0.25) is 0 Å². The van der Waals surface area contributed by atoms with Gasteiger partial charge in [0.15, 0.2) is 0 Å². The summed E-state index contributed by atoms with van der Waals surface area (Å²) in [7, 11) is 1.99. The molecule has 1 aliphatic carbocycles. The first-order chi connectivity index (χ1) is 7.83. The van der Waals surface area contributed by atoms with Crippen molar-refractivity contribution in [3.63, 3.8) is 0 Å². The number of hydrogen-bond acceptors (Lipinski definition) is 2. The Morgan fingerprint density at radius 3 is 3.25 bits per heavy atom. The maximum atomic E-state index is 4.22. The molecule has 88 valence electrons. The Hall–Kier alpha value is -0.830. The third kappa shape index (κ3) is 1.88. The van der Waals surface area contributed by atoms with Crippen molar-refractivity contribution < 1.29 is 0 Å². The predicted molar refractivity (Wildman–Crippen MR) is 64.2 cm³/mol. The highest BCUT2D eigenvalue weighted by Crippen LogP contribution is 2.38. The van der Waals surface area contributed by atoms with Gasteiger partial charge >= 0.3 is 0 Å². The molecule has 1 saturated carbocycles. The second-order valence-electron chi connectivity index (χ2n) is 5.43. The minimum Gasteiger partial charge on any atom is -0.313 e. The van der Waals surface area contributed by atoms with Gasteiger partial charge in [-0.3, -0.25) is 4.68 Å². The molecule has 3 atom stereocenters. The van der Waals surface area contributed by atoms with Crippen molar-refractivity contribution in [3.05, 3.63) is 18.0 Å². The maximum absolute atomic E-state index is 4.22. The van der Waals surface area contributed by atoms with Crippen LogP contribution >= 0.6 is 0 Å². The number of fused-ring (bicyclic) bond motifs is 1. The molecule has 0 spiro atoms. The van der Waals surface area contributed by atoms with Crippen LogP contribution in [0, 0.1) is 11.8 Å². The van der Waals surface area contributed by atoms with Gasteiger partial charge in [-0.2, -0.15) is 5.10 Å². The van der Waals surface area contributed by atoms with E-state index in [1.165, 1.54) is 44.2 Å². The Labute approximate surface area is 97.2 Å². The zero-order valence-corrected chi connectivity index (χ0v) is 10.0. The number of nitrogens with one attached hydrogen (secondary N) is 1. The maximum Gasteiger partial charge on any atom is 0.0521 e. The lowest BCUT2D eigenvalue weighted by Gasteiger charge is -2.17. The fourth-order valence-electron chi connectivity index (χ4n) is 3.54. The van der Waals surface area contributed by atoms with E-state index in [0.717, 1.165) is 17.9 Å². The molecule has 1 aromatic heterocycles. The van der Waals surface area contributed by atoms with E-state index in [9.17, 15) is 0 Å². The molecular weight excluding hydrogens is 198 g/mol. The third-order valence-corrected chi connectivity index (χ3v) is 4.38. The van der Waals surface area contributed by atoms with Crippen molar-refractivity contribution in [2.75, 3.05) is 6.54 Å². The molecule has 0 amide bonds. The van der Waals surface area contributed by atoms with Crippen LogP contribution in [0.3, 0.4) is 0 Å². The van der Waals surface area contributed by atoms with Crippen molar-refractivity contribution in [2.24, 2.45) is 18.9 Å². The van der Waals surface area contributed by atoms with Gasteiger partial charge in [0.25, 0.3) is 0 Å². The van der Waals surface area contributed by atoms with Crippen molar-refractivity contribution in [1.29, 1.82) is 0 Å². The molecule has 0 aromatic carbocycles. The summed E-state index contributed by atoms with van der Waals surface area (Å²) in [6.45, 7) is 1.27. The summed E-state index contributed by atoms with van der Waals surface area (Å²) in [5.74, 6) is 1.95.